The van der Waals surface area contributed by atoms with Crippen molar-refractivity contribution in [2.45, 2.75) is 120 Å². The number of methoxy groups -OCH3 is 2. The second kappa shape index (κ2) is 17.7. The molecule has 6 atom stereocenters. The van der Waals surface area contributed by atoms with Crippen LogP contribution in [0.1, 0.15) is 86.0 Å². The van der Waals surface area contributed by atoms with Crippen LogP contribution in [0.3, 0.4) is 0 Å². The van der Waals surface area contributed by atoms with Crippen LogP contribution in [0.4, 0.5) is 13.2 Å². The van der Waals surface area contributed by atoms with Gasteiger partial charge in [-0.2, -0.15) is 21.6 Å². The van der Waals surface area contributed by atoms with E-state index in [9.17, 15) is 26.4 Å². The van der Waals surface area contributed by atoms with Gasteiger partial charge in [-0.25, -0.2) is 0 Å². The van der Waals surface area contributed by atoms with E-state index in [1.54, 1.807) is 0 Å². The average molecular weight is 839 g/mol. The highest BCUT2D eigenvalue weighted by Gasteiger charge is 2.59. The number of carbonyl (C=O) groups excluding carboxylic acids is 1. The third kappa shape index (κ3) is 9.09. The molecular formula is C42H57F3O10SSi. The lowest BCUT2D eigenvalue weighted by atomic mass is 9.64. The Kier molecular flexibility index (Phi) is 14.0. The fourth-order valence-corrected chi connectivity index (χ4v) is 14.7. The first-order valence-electron chi connectivity index (χ1n) is 19.4. The Morgan fingerprint density at radius 2 is 1.51 bits per heavy atom. The maximum Gasteiger partial charge on any atom is 0.534 e. The summed E-state index contributed by atoms with van der Waals surface area (Å²) in [5.74, 6) is -1.81. The quantitative estimate of drug-likeness (QED) is 0.0417. The number of esters is 1. The highest BCUT2D eigenvalue weighted by Crippen LogP contribution is 2.58. The van der Waals surface area contributed by atoms with E-state index >= 15 is 0 Å². The zero-order valence-electron chi connectivity index (χ0n) is 34.0. The minimum absolute atomic E-state index is 0.0235. The van der Waals surface area contributed by atoms with E-state index in [4.69, 9.17) is 32.3 Å². The molecule has 0 heterocycles. The van der Waals surface area contributed by atoms with E-state index in [2.05, 4.69) is 51.6 Å². The van der Waals surface area contributed by atoms with Crippen LogP contribution in [0.2, 0.25) is 5.04 Å². The van der Waals surface area contributed by atoms with Gasteiger partial charge >= 0.3 is 21.6 Å². The van der Waals surface area contributed by atoms with Crippen LogP contribution in [0, 0.1) is 11.3 Å². The normalized spacial score (nSPS) is 27.3. The second-order valence-electron chi connectivity index (χ2n) is 16.6. The molecular weight excluding hydrogens is 782 g/mol. The van der Waals surface area contributed by atoms with Crippen molar-refractivity contribution in [3.63, 3.8) is 0 Å². The number of benzene rings is 2. The molecule has 5 rings (SSSR count). The lowest BCUT2D eigenvalue weighted by Gasteiger charge is -2.50. The highest BCUT2D eigenvalue weighted by molar-refractivity contribution is 7.87. The number of hydrogen-bond acceptors (Lipinski definition) is 10. The van der Waals surface area contributed by atoms with Gasteiger partial charge in [0, 0.05) is 33.0 Å². The third-order valence-electron chi connectivity index (χ3n) is 12.1. The molecule has 0 radical (unpaired) electrons. The zero-order chi connectivity index (χ0) is 41.9. The monoisotopic (exact) mass is 838 g/mol. The first kappa shape index (κ1) is 45.0. The minimum Gasteiger partial charge on any atom is -0.454 e. The van der Waals surface area contributed by atoms with Gasteiger partial charge in [0.2, 0.25) is 0 Å². The van der Waals surface area contributed by atoms with E-state index in [-0.39, 0.29) is 37.9 Å². The Hall–Kier alpha value is -3.05. The molecule has 0 unspecified atom stereocenters. The smallest absolute Gasteiger partial charge is 0.454 e. The summed E-state index contributed by atoms with van der Waals surface area (Å²) in [6, 6.07) is 20.4. The molecule has 10 nitrogen and oxygen atoms in total. The van der Waals surface area contributed by atoms with Crippen LogP contribution >= 0.6 is 0 Å². The molecule has 2 fully saturated rings. The summed E-state index contributed by atoms with van der Waals surface area (Å²) < 4.78 is 109. The highest BCUT2D eigenvalue weighted by atomic mass is 32.2. The maximum absolute atomic E-state index is 14.0. The topological polar surface area (TPSA) is 116 Å². The molecule has 3 aliphatic carbocycles. The molecule has 2 aromatic rings. The van der Waals surface area contributed by atoms with Gasteiger partial charge in [-0.3, -0.25) is 4.79 Å². The van der Waals surface area contributed by atoms with Gasteiger partial charge in [0.1, 0.15) is 13.6 Å². The van der Waals surface area contributed by atoms with Gasteiger partial charge < -0.3 is 32.3 Å². The SMILES string of the molecule is C=C1[C@@H](O[Si](c2ccccc2)(c2ccccc2)C(C)(C)C)CCC[C@@]1(CCC1=C(OS(=O)(=O)C(F)(F)F)[C@@H](OC(C)=O)C[C@]2(C)[C@@H](OCOC)CC[C@@H]12)OCOC. The molecule has 15 heteroatoms. The van der Waals surface area contributed by atoms with E-state index < -0.39 is 70.9 Å². The van der Waals surface area contributed by atoms with Crippen LogP contribution in [0.5, 0.6) is 0 Å². The summed E-state index contributed by atoms with van der Waals surface area (Å²) in [6.45, 7) is 14.1. The molecule has 0 aromatic heterocycles. The van der Waals surface area contributed by atoms with Crippen LogP contribution in [0.25, 0.3) is 0 Å². The molecule has 3 aliphatic rings. The predicted molar refractivity (Wildman–Crippen MR) is 211 cm³/mol. The fourth-order valence-electron chi connectivity index (χ4n) is 9.47. The van der Waals surface area contributed by atoms with Crippen molar-refractivity contribution >= 4 is 34.8 Å². The molecule has 2 saturated carbocycles. The van der Waals surface area contributed by atoms with Crippen molar-refractivity contribution in [3.8, 4) is 0 Å². The summed E-state index contributed by atoms with van der Waals surface area (Å²) in [4.78, 5) is 12.4. The number of alkyl halides is 3. The molecule has 0 spiro atoms. The summed E-state index contributed by atoms with van der Waals surface area (Å²) in [5, 5.41) is 1.84. The largest absolute Gasteiger partial charge is 0.534 e. The van der Waals surface area contributed by atoms with E-state index in [0.29, 0.717) is 43.3 Å². The van der Waals surface area contributed by atoms with Crippen LogP contribution < -0.4 is 10.4 Å². The van der Waals surface area contributed by atoms with Crippen molar-refractivity contribution in [2.24, 2.45) is 11.3 Å². The Balaban J connectivity index is 1.61. The second-order valence-corrected chi connectivity index (χ2v) is 22.4. The first-order valence-corrected chi connectivity index (χ1v) is 22.7. The number of allylic oxidation sites excluding steroid dienone is 1. The number of ether oxygens (including phenoxy) is 5. The number of carbonyl (C=O) groups is 1. The van der Waals surface area contributed by atoms with Crippen molar-refractivity contribution in [1.29, 1.82) is 0 Å². The van der Waals surface area contributed by atoms with Gasteiger partial charge in [0.15, 0.2) is 11.9 Å². The van der Waals surface area contributed by atoms with Crippen LogP contribution in [-0.2, 0) is 47.2 Å². The number of fused-ring (bicyclic) bond motifs is 1. The summed E-state index contributed by atoms with van der Waals surface area (Å²) in [7, 11) is -6.23. The summed E-state index contributed by atoms with van der Waals surface area (Å²) in [5.41, 5.74) is -6.64. The van der Waals surface area contributed by atoms with Gasteiger partial charge in [-0.05, 0) is 77.4 Å². The minimum atomic E-state index is -6.14. The standard InChI is InChI=1S/C42H57F3O10SSi/c1-29-35(55-57(39(3,4)5,31-16-11-9-12-17-31)32-18-13-10-14-19-32)20-15-24-41(29,52-28-50-8)25-23-33-34-21-22-37(51-27-49-7)40(34,6)26-36(53-30(2)46)38(33)54-56(47,48)42(43,44)45/h9-14,16-19,34-37H,1,15,20-28H2,2-8H3/t34-,35-,36-,37-,40-,41-/m0/s1. The van der Waals surface area contributed by atoms with E-state index in [1.165, 1.54) is 14.2 Å². The Morgan fingerprint density at radius 3 is 2.04 bits per heavy atom. The first-order chi connectivity index (χ1) is 26.8. The summed E-state index contributed by atoms with van der Waals surface area (Å²) >= 11 is 0. The molecule has 0 amide bonds. The van der Waals surface area contributed by atoms with Gasteiger partial charge in [0.25, 0.3) is 8.32 Å². The van der Waals surface area contributed by atoms with Crippen LogP contribution in [0.15, 0.2) is 84.1 Å². The Labute approximate surface area is 336 Å². The van der Waals surface area contributed by atoms with Gasteiger partial charge in [0.05, 0.1) is 17.8 Å². The lowest BCUT2D eigenvalue weighted by Crippen LogP contribution is -2.68. The molecule has 0 saturated heterocycles. The fraction of sp³-hybridized carbons (Fsp3) is 0.595. The van der Waals surface area contributed by atoms with Gasteiger partial charge in [-0.15, -0.1) is 0 Å². The average Bonchev–Trinajstić information content (AvgIpc) is 3.47. The lowest BCUT2D eigenvalue weighted by molar-refractivity contribution is -0.154. The molecule has 0 N–H and O–H groups in total. The van der Waals surface area contributed by atoms with Crippen molar-refractivity contribution in [3.05, 3.63) is 84.1 Å². The maximum atomic E-state index is 14.0. The number of rotatable bonds is 16. The summed E-state index contributed by atoms with van der Waals surface area (Å²) in [6.07, 6.45) is 0.615. The van der Waals surface area contributed by atoms with Crippen molar-refractivity contribution in [2.75, 3.05) is 27.8 Å². The Morgan fingerprint density at radius 1 is 0.912 bits per heavy atom. The van der Waals surface area contributed by atoms with E-state index in [1.807, 2.05) is 43.3 Å². The van der Waals surface area contributed by atoms with Crippen molar-refractivity contribution in [1.82, 2.24) is 0 Å². The molecule has 0 aliphatic heterocycles. The van der Waals surface area contributed by atoms with Crippen molar-refractivity contribution < 1.29 is 58.7 Å². The van der Waals surface area contributed by atoms with E-state index in [0.717, 1.165) is 17.3 Å². The number of hydrogen-bond donors (Lipinski definition) is 0. The van der Waals surface area contributed by atoms with Gasteiger partial charge in [-0.1, -0.05) is 94.9 Å². The molecule has 57 heavy (non-hydrogen) atoms. The third-order valence-corrected chi connectivity index (χ3v) is 18.1. The Bertz CT molecular complexity index is 1810. The van der Waals surface area contributed by atoms with Crippen LogP contribution in [-0.4, -0.2) is 79.9 Å². The predicted octanol–water partition coefficient (Wildman–Crippen LogP) is 7.67. The zero-order valence-corrected chi connectivity index (χ0v) is 35.8. The molecule has 0 bridgehead atoms. The molecule has 316 valence electrons. The number of halogens is 3. The molecule has 2 aromatic carbocycles.